The number of carbonyl (C=O) groups excluding carboxylic acids is 2. The summed E-state index contributed by atoms with van der Waals surface area (Å²) >= 11 is 12.0. The second kappa shape index (κ2) is 8.17. The molecular weight excluding hydrogens is 403 g/mol. The van der Waals surface area contributed by atoms with Gasteiger partial charge in [0.25, 0.3) is 0 Å². The second-order valence-corrected chi connectivity index (χ2v) is 8.95. The number of urea groups is 1. The van der Waals surface area contributed by atoms with Crippen LogP contribution in [0.5, 0.6) is 0 Å². The van der Waals surface area contributed by atoms with Crippen molar-refractivity contribution >= 4 is 46.5 Å². The molecule has 1 aliphatic heterocycles. The molecule has 2 aliphatic rings. The molecule has 3 rings (SSSR count). The lowest BCUT2D eigenvalue weighted by Crippen LogP contribution is -2.48. The molecule has 0 aromatic heterocycles. The van der Waals surface area contributed by atoms with E-state index in [0.717, 1.165) is 12.8 Å². The number of hydrogen-bond acceptors (Lipinski definition) is 4. The van der Waals surface area contributed by atoms with Crippen LogP contribution in [0.4, 0.5) is 10.5 Å². The van der Waals surface area contributed by atoms with Gasteiger partial charge < -0.3 is 20.4 Å². The number of nitrogens with one attached hydrogen (secondary N) is 2. The first kappa shape index (κ1) is 20.7. The van der Waals surface area contributed by atoms with Gasteiger partial charge in [-0.3, -0.25) is 4.79 Å². The molecule has 1 heterocycles. The molecule has 2 fully saturated rings. The van der Waals surface area contributed by atoms with Gasteiger partial charge in [-0.25, -0.2) is 4.79 Å². The highest BCUT2D eigenvalue weighted by atomic mass is 35.5. The van der Waals surface area contributed by atoms with E-state index in [1.54, 1.807) is 18.2 Å². The van der Waals surface area contributed by atoms with Crippen LogP contribution in [-0.4, -0.2) is 46.8 Å². The number of carbonyl (C=O) groups is 2. The number of hydrogen-bond donors (Lipinski definition) is 2. The molecule has 1 atom stereocenters. The molecule has 1 saturated carbocycles. The maximum Gasteiger partial charge on any atom is 0.322 e. The van der Waals surface area contributed by atoms with E-state index in [-0.39, 0.29) is 18.5 Å². The molecule has 0 radical (unpaired) electrons. The molecule has 1 saturated heterocycles. The third-order valence-electron chi connectivity index (χ3n) is 4.21. The highest BCUT2D eigenvalue weighted by Gasteiger charge is 2.40. The van der Waals surface area contributed by atoms with Crippen molar-refractivity contribution in [2.75, 3.05) is 11.9 Å². The van der Waals surface area contributed by atoms with Crippen LogP contribution in [-0.2, 0) is 9.63 Å². The fraction of sp³-hybridized carbons (Fsp3) is 0.526. The summed E-state index contributed by atoms with van der Waals surface area (Å²) in [4.78, 5) is 32.4. The number of rotatable bonds is 4. The number of anilines is 1. The van der Waals surface area contributed by atoms with Crippen LogP contribution in [0.2, 0.25) is 10.0 Å². The van der Waals surface area contributed by atoms with Gasteiger partial charge >= 0.3 is 6.03 Å². The molecule has 1 aromatic rings. The van der Waals surface area contributed by atoms with Gasteiger partial charge in [-0.15, -0.1) is 0 Å². The molecule has 1 aromatic carbocycles. The van der Waals surface area contributed by atoms with Crippen LogP contribution in [0, 0.1) is 0 Å². The summed E-state index contributed by atoms with van der Waals surface area (Å²) in [6, 6.07) is 3.91. The van der Waals surface area contributed by atoms with E-state index >= 15 is 0 Å². The van der Waals surface area contributed by atoms with E-state index in [9.17, 15) is 9.59 Å². The summed E-state index contributed by atoms with van der Waals surface area (Å²) < 4.78 is 0. The standard InChI is InChI=1S/C19H24Cl2N4O3/c1-19(2,3)28-24-15-9-16(17(26)22-13-4-5-13)25(10-15)18(27)23-14-7-11(20)6-12(21)8-14/h6-8,13,16H,4-5,9-10H2,1-3H3,(H,22,26)(H,23,27)/t16-/m0/s1. The third-order valence-corrected chi connectivity index (χ3v) is 4.64. The first-order valence-corrected chi connectivity index (χ1v) is 9.94. The molecule has 0 unspecified atom stereocenters. The lowest BCUT2D eigenvalue weighted by atomic mass is 10.2. The Bertz CT molecular complexity index is 783. The number of oxime groups is 1. The van der Waals surface area contributed by atoms with Crippen molar-refractivity contribution in [1.29, 1.82) is 0 Å². The molecule has 7 nitrogen and oxygen atoms in total. The Labute approximate surface area is 174 Å². The van der Waals surface area contributed by atoms with Crippen LogP contribution in [0.1, 0.15) is 40.0 Å². The van der Waals surface area contributed by atoms with Crippen molar-refractivity contribution in [3.05, 3.63) is 28.2 Å². The van der Waals surface area contributed by atoms with Crippen LogP contribution < -0.4 is 10.6 Å². The smallest absolute Gasteiger partial charge is 0.322 e. The van der Waals surface area contributed by atoms with Gasteiger partial charge in [-0.2, -0.15) is 0 Å². The summed E-state index contributed by atoms with van der Waals surface area (Å²) in [5.41, 5.74) is 0.650. The molecule has 0 spiro atoms. The molecule has 152 valence electrons. The molecule has 28 heavy (non-hydrogen) atoms. The first-order chi connectivity index (χ1) is 13.1. The maximum absolute atomic E-state index is 12.9. The summed E-state index contributed by atoms with van der Waals surface area (Å²) in [6.07, 6.45) is 2.28. The van der Waals surface area contributed by atoms with Crippen LogP contribution >= 0.6 is 23.2 Å². The van der Waals surface area contributed by atoms with Crippen LogP contribution in [0.15, 0.2) is 23.4 Å². The third kappa shape index (κ3) is 5.75. The lowest BCUT2D eigenvalue weighted by molar-refractivity contribution is -0.124. The fourth-order valence-corrected chi connectivity index (χ4v) is 3.29. The van der Waals surface area contributed by atoms with Gasteiger partial charge in [-0.1, -0.05) is 28.4 Å². The van der Waals surface area contributed by atoms with E-state index in [1.807, 2.05) is 20.8 Å². The molecule has 1 aliphatic carbocycles. The first-order valence-electron chi connectivity index (χ1n) is 9.19. The Balaban J connectivity index is 1.75. The summed E-state index contributed by atoms with van der Waals surface area (Å²) in [7, 11) is 0. The topological polar surface area (TPSA) is 83.0 Å². The summed E-state index contributed by atoms with van der Waals surface area (Å²) in [5, 5.41) is 10.7. The van der Waals surface area contributed by atoms with Crippen LogP contribution in [0.3, 0.4) is 0 Å². The largest absolute Gasteiger partial charge is 0.390 e. The zero-order valence-electron chi connectivity index (χ0n) is 16.1. The van der Waals surface area contributed by atoms with Crippen molar-refractivity contribution in [2.24, 2.45) is 5.16 Å². The minimum absolute atomic E-state index is 0.178. The summed E-state index contributed by atoms with van der Waals surface area (Å²) in [6.45, 7) is 5.86. The monoisotopic (exact) mass is 426 g/mol. The Morgan fingerprint density at radius 3 is 2.39 bits per heavy atom. The molecule has 3 amide bonds. The van der Waals surface area contributed by atoms with Gasteiger partial charge in [0, 0.05) is 28.2 Å². The number of likely N-dealkylation sites (tertiary alicyclic amines) is 1. The molecular formula is C19H24Cl2N4O3. The van der Waals surface area contributed by atoms with Crippen molar-refractivity contribution < 1.29 is 14.4 Å². The van der Waals surface area contributed by atoms with Crippen molar-refractivity contribution in [2.45, 2.75) is 57.7 Å². The molecule has 9 heteroatoms. The normalized spacial score (nSPS) is 21.0. The Morgan fingerprint density at radius 1 is 1.18 bits per heavy atom. The molecule has 2 N–H and O–H groups in total. The Kier molecular flexibility index (Phi) is 6.05. The predicted octanol–water partition coefficient (Wildman–Crippen LogP) is 4.05. The van der Waals surface area contributed by atoms with E-state index in [2.05, 4.69) is 15.8 Å². The summed E-state index contributed by atoms with van der Waals surface area (Å²) in [5.74, 6) is -0.178. The fourth-order valence-electron chi connectivity index (χ4n) is 2.77. The van der Waals surface area contributed by atoms with E-state index in [4.69, 9.17) is 28.0 Å². The van der Waals surface area contributed by atoms with E-state index in [1.165, 1.54) is 4.90 Å². The predicted molar refractivity (Wildman–Crippen MR) is 110 cm³/mol. The van der Waals surface area contributed by atoms with Gasteiger partial charge in [-0.05, 0) is 51.8 Å². The average molecular weight is 427 g/mol. The number of halogens is 2. The van der Waals surface area contributed by atoms with Gasteiger partial charge in [0.15, 0.2) is 0 Å². The zero-order chi connectivity index (χ0) is 20.5. The van der Waals surface area contributed by atoms with Crippen LogP contribution in [0.25, 0.3) is 0 Å². The number of nitrogens with zero attached hydrogens (tertiary/aromatic N) is 2. The van der Waals surface area contributed by atoms with Crippen molar-refractivity contribution in [3.8, 4) is 0 Å². The van der Waals surface area contributed by atoms with Crippen molar-refractivity contribution in [3.63, 3.8) is 0 Å². The average Bonchev–Trinajstić information content (AvgIpc) is 3.26. The van der Waals surface area contributed by atoms with Gasteiger partial charge in [0.1, 0.15) is 11.6 Å². The minimum Gasteiger partial charge on any atom is -0.390 e. The second-order valence-electron chi connectivity index (χ2n) is 8.08. The number of amides is 3. The Morgan fingerprint density at radius 2 is 1.82 bits per heavy atom. The maximum atomic E-state index is 12.9. The van der Waals surface area contributed by atoms with Crippen molar-refractivity contribution in [1.82, 2.24) is 10.2 Å². The van der Waals surface area contributed by atoms with Gasteiger partial charge in [0.05, 0.1) is 12.3 Å². The Hall–Kier alpha value is -1.99. The van der Waals surface area contributed by atoms with Gasteiger partial charge in [0.2, 0.25) is 5.91 Å². The van der Waals surface area contributed by atoms with E-state index < -0.39 is 17.7 Å². The minimum atomic E-state index is -0.641. The lowest BCUT2D eigenvalue weighted by Gasteiger charge is -2.23. The SMILES string of the molecule is CC(C)(C)ON=C1C[C@@H](C(=O)NC2CC2)N(C(=O)Nc2cc(Cl)cc(Cl)c2)C1. The highest BCUT2D eigenvalue weighted by Crippen LogP contribution is 2.25. The quantitative estimate of drug-likeness (QED) is 0.712. The van der Waals surface area contributed by atoms with E-state index in [0.29, 0.717) is 27.9 Å². The number of benzene rings is 1. The highest BCUT2D eigenvalue weighted by molar-refractivity contribution is 6.35. The zero-order valence-corrected chi connectivity index (χ0v) is 17.6. The molecule has 0 bridgehead atoms.